The molecule has 3 nitrogen and oxygen atoms in total. The second-order valence-corrected chi connectivity index (χ2v) is 4.93. The Bertz CT molecular complexity index is 388. The Hall–Kier alpha value is -1.35. The zero-order chi connectivity index (χ0) is 13.5. The Balaban J connectivity index is 2.90. The topological polar surface area (TPSA) is 29.5 Å². The van der Waals surface area contributed by atoms with E-state index in [0.717, 1.165) is 30.6 Å². The quantitative estimate of drug-likeness (QED) is 0.695. The van der Waals surface area contributed by atoms with Gasteiger partial charge in [-0.2, -0.15) is 0 Å². The summed E-state index contributed by atoms with van der Waals surface area (Å²) in [6, 6.07) is 6.26. The fraction of sp³-hybridized carbons (Fsp3) is 0.533. The fourth-order valence-corrected chi connectivity index (χ4v) is 1.95. The zero-order valence-corrected chi connectivity index (χ0v) is 11.8. The van der Waals surface area contributed by atoms with Crippen LogP contribution in [0.25, 0.3) is 0 Å². The number of hydrogen-bond donors (Lipinski definition) is 0. The Morgan fingerprint density at radius 1 is 1.39 bits per heavy atom. The van der Waals surface area contributed by atoms with Crippen LogP contribution in [0, 0.1) is 0 Å². The van der Waals surface area contributed by atoms with Gasteiger partial charge in [-0.05, 0) is 43.6 Å². The van der Waals surface area contributed by atoms with Crippen molar-refractivity contribution in [1.82, 2.24) is 4.90 Å². The summed E-state index contributed by atoms with van der Waals surface area (Å²) in [5.74, 6) is 1.08. The summed E-state index contributed by atoms with van der Waals surface area (Å²) in [5.41, 5.74) is 2.41. The number of nitrogens with zero attached hydrogens (tertiary/aromatic N) is 1. The van der Waals surface area contributed by atoms with Gasteiger partial charge in [0.15, 0.2) is 0 Å². The molecule has 1 rings (SSSR count). The van der Waals surface area contributed by atoms with Gasteiger partial charge >= 0.3 is 0 Å². The second kappa shape index (κ2) is 7.17. The molecule has 0 N–H and O–H groups in total. The number of carbonyl (C=O) groups is 1. The third-order valence-corrected chi connectivity index (χ3v) is 3.12. The molecule has 0 aliphatic heterocycles. The van der Waals surface area contributed by atoms with Crippen LogP contribution >= 0.6 is 0 Å². The number of rotatable bonds is 7. The molecule has 0 heterocycles. The zero-order valence-electron chi connectivity index (χ0n) is 11.8. The van der Waals surface area contributed by atoms with Crippen molar-refractivity contribution in [2.45, 2.75) is 25.7 Å². The van der Waals surface area contributed by atoms with E-state index in [1.165, 1.54) is 5.56 Å². The Kier molecular flexibility index (Phi) is 5.86. The highest BCUT2D eigenvalue weighted by atomic mass is 16.5. The lowest BCUT2D eigenvalue weighted by Crippen LogP contribution is -2.15. The van der Waals surface area contributed by atoms with E-state index >= 15 is 0 Å². The number of likely N-dealkylation sites (N-methyl/N-ethyl adjacent to an activating group) is 1. The van der Waals surface area contributed by atoms with Crippen molar-refractivity contribution < 1.29 is 9.53 Å². The van der Waals surface area contributed by atoms with Gasteiger partial charge in [-0.25, -0.2) is 0 Å². The molecule has 1 atom stereocenters. The number of carbonyl (C=O) groups excluding carboxylic acids is 1. The maximum atomic E-state index is 10.6. The van der Waals surface area contributed by atoms with Crippen LogP contribution in [0.4, 0.5) is 0 Å². The molecule has 0 radical (unpaired) electrons. The predicted octanol–water partition coefficient (Wildman–Crippen LogP) is 2.49. The molecule has 1 unspecified atom stereocenters. The summed E-state index contributed by atoms with van der Waals surface area (Å²) in [6.07, 6.45) is 2.52. The first kappa shape index (κ1) is 14.7. The SMILES string of the molecule is COc1ccc(CCN(C)C)cc1C(C)CC=O. The highest BCUT2D eigenvalue weighted by Crippen LogP contribution is 2.29. The Labute approximate surface area is 110 Å². The van der Waals surface area contributed by atoms with E-state index in [9.17, 15) is 4.79 Å². The number of ether oxygens (including phenoxy) is 1. The maximum Gasteiger partial charge on any atom is 0.122 e. The molecular weight excluding hydrogens is 226 g/mol. The first-order valence-electron chi connectivity index (χ1n) is 6.33. The van der Waals surface area contributed by atoms with Crippen LogP contribution in [-0.4, -0.2) is 38.9 Å². The summed E-state index contributed by atoms with van der Waals surface area (Å²) in [6.45, 7) is 3.08. The van der Waals surface area contributed by atoms with Crippen molar-refractivity contribution in [2.75, 3.05) is 27.7 Å². The molecule has 18 heavy (non-hydrogen) atoms. The number of hydrogen-bond acceptors (Lipinski definition) is 3. The van der Waals surface area contributed by atoms with Crippen LogP contribution in [0.1, 0.15) is 30.4 Å². The van der Waals surface area contributed by atoms with E-state index in [0.29, 0.717) is 6.42 Å². The summed E-state index contributed by atoms with van der Waals surface area (Å²) >= 11 is 0. The third kappa shape index (κ3) is 4.15. The monoisotopic (exact) mass is 249 g/mol. The third-order valence-electron chi connectivity index (χ3n) is 3.12. The minimum atomic E-state index is 0.205. The van der Waals surface area contributed by atoms with Crippen molar-refractivity contribution in [3.05, 3.63) is 29.3 Å². The van der Waals surface area contributed by atoms with Crippen LogP contribution < -0.4 is 4.74 Å². The molecule has 100 valence electrons. The molecule has 0 aliphatic carbocycles. The minimum Gasteiger partial charge on any atom is -0.496 e. The van der Waals surface area contributed by atoms with Gasteiger partial charge in [-0.15, -0.1) is 0 Å². The molecule has 0 aromatic heterocycles. The summed E-state index contributed by atoms with van der Waals surface area (Å²) in [5, 5.41) is 0. The molecule has 0 aliphatic rings. The van der Waals surface area contributed by atoms with E-state index in [1.807, 2.05) is 6.07 Å². The molecule has 0 spiro atoms. The van der Waals surface area contributed by atoms with E-state index < -0.39 is 0 Å². The number of aldehydes is 1. The first-order valence-corrected chi connectivity index (χ1v) is 6.33. The van der Waals surface area contributed by atoms with Crippen LogP contribution in [0.15, 0.2) is 18.2 Å². The van der Waals surface area contributed by atoms with Gasteiger partial charge in [-0.1, -0.05) is 19.1 Å². The lowest BCUT2D eigenvalue weighted by Gasteiger charge is -2.16. The van der Waals surface area contributed by atoms with Gasteiger partial charge in [0.2, 0.25) is 0 Å². The Morgan fingerprint density at radius 3 is 2.67 bits per heavy atom. The molecule has 1 aromatic rings. The maximum absolute atomic E-state index is 10.6. The molecule has 1 aromatic carbocycles. The summed E-state index contributed by atoms with van der Waals surface area (Å²) in [4.78, 5) is 12.8. The van der Waals surface area contributed by atoms with Gasteiger partial charge in [0.1, 0.15) is 12.0 Å². The van der Waals surface area contributed by atoms with Crippen LogP contribution in [0.3, 0.4) is 0 Å². The van der Waals surface area contributed by atoms with Gasteiger partial charge in [0.25, 0.3) is 0 Å². The van der Waals surface area contributed by atoms with Crippen molar-refractivity contribution in [1.29, 1.82) is 0 Å². The van der Waals surface area contributed by atoms with E-state index in [4.69, 9.17) is 4.74 Å². The highest BCUT2D eigenvalue weighted by molar-refractivity contribution is 5.53. The fourth-order valence-electron chi connectivity index (χ4n) is 1.95. The molecule has 0 fully saturated rings. The van der Waals surface area contributed by atoms with Gasteiger partial charge in [0.05, 0.1) is 7.11 Å². The van der Waals surface area contributed by atoms with Crippen molar-refractivity contribution in [3.8, 4) is 5.75 Å². The van der Waals surface area contributed by atoms with E-state index in [2.05, 4.69) is 38.1 Å². The largest absolute Gasteiger partial charge is 0.496 e. The van der Waals surface area contributed by atoms with E-state index in [-0.39, 0.29) is 5.92 Å². The predicted molar refractivity (Wildman–Crippen MR) is 74.3 cm³/mol. The lowest BCUT2D eigenvalue weighted by molar-refractivity contribution is -0.108. The number of benzene rings is 1. The summed E-state index contributed by atoms with van der Waals surface area (Å²) < 4.78 is 5.37. The first-order chi connectivity index (χ1) is 8.58. The van der Waals surface area contributed by atoms with Crippen molar-refractivity contribution >= 4 is 6.29 Å². The molecular formula is C15H23NO2. The van der Waals surface area contributed by atoms with Gasteiger partial charge in [-0.3, -0.25) is 0 Å². The highest BCUT2D eigenvalue weighted by Gasteiger charge is 2.12. The smallest absolute Gasteiger partial charge is 0.122 e. The standard InChI is InChI=1S/C15H23NO2/c1-12(8-10-17)14-11-13(7-9-16(2)3)5-6-15(14)18-4/h5-6,10-12H,7-9H2,1-4H3. The van der Waals surface area contributed by atoms with Crippen molar-refractivity contribution in [2.24, 2.45) is 0 Å². The van der Waals surface area contributed by atoms with Gasteiger partial charge in [0, 0.05) is 13.0 Å². The molecule has 0 saturated heterocycles. The Morgan fingerprint density at radius 2 is 2.11 bits per heavy atom. The van der Waals surface area contributed by atoms with Gasteiger partial charge < -0.3 is 14.4 Å². The molecule has 0 bridgehead atoms. The average molecular weight is 249 g/mol. The van der Waals surface area contributed by atoms with Crippen molar-refractivity contribution in [3.63, 3.8) is 0 Å². The van der Waals surface area contributed by atoms with Crippen LogP contribution in [0.2, 0.25) is 0 Å². The number of methoxy groups -OCH3 is 1. The molecule has 3 heteroatoms. The molecule has 0 amide bonds. The minimum absolute atomic E-state index is 0.205. The normalized spacial score (nSPS) is 12.5. The van der Waals surface area contributed by atoms with Crippen LogP contribution in [-0.2, 0) is 11.2 Å². The molecule has 0 saturated carbocycles. The van der Waals surface area contributed by atoms with Crippen LogP contribution in [0.5, 0.6) is 5.75 Å². The van der Waals surface area contributed by atoms with E-state index in [1.54, 1.807) is 7.11 Å². The lowest BCUT2D eigenvalue weighted by atomic mass is 9.95. The second-order valence-electron chi connectivity index (χ2n) is 4.93. The summed E-state index contributed by atoms with van der Waals surface area (Å²) in [7, 11) is 5.81. The average Bonchev–Trinajstić information content (AvgIpc) is 2.36.